The van der Waals surface area contributed by atoms with Gasteiger partial charge in [0, 0.05) is 12.4 Å². The Morgan fingerprint density at radius 3 is 2.35 bits per heavy atom. The molecule has 1 aromatic heterocycles. The molecular weight excluding hydrogens is 319 g/mol. The second-order valence-electron chi connectivity index (χ2n) is 3.99. The van der Waals surface area contributed by atoms with Gasteiger partial charge >= 0.3 is 6.18 Å². The van der Waals surface area contributed by atoms with Gasteiger partial charge in [0.15, 0.2) is 0 Å². The van der Waals surface area contributed by atoms with Gasteiger partial charge < -0.3 is 0 Å². The van der Waals surface area contributed by atoms with Crippen molar-refractivity contribution in [2.24, 2.45) is 0 Å². The van der Waals surface area contributed by atoms with Crippen molar-refractivity contribution in [3.63, 3.8) is 0 Å². The molecule has 0 bridgehead atoms. The van der Waals surface area contributed by atoms with Crippen molar-refractivity contribution < 1.29 is 26.8 Å². The first-order valence-corrected chi connectivity index (χ1v) is 6.07. The highest BCUT2D eigenvalue weighted by molar-refractivity contribution is 6.04. The lowest BCUT2D eigenvalue weighted by atomic mass is 10.1. The van der Waals surface area contributed by atoms with E-state index in [-0.39, 0.29) is 11.6 Å². The third-order valence-electron chi connectivity index (χ3n) is 2.56. The standard InChI is InChI=1S/C13H7F5N2O.C2H4/c14-9-3-4-11(10(6-9)13(15,16)17)20(18)12(21)8-2-1-5-19-7-8;1-2/h1-7H;1-2H2. The Morgan fingerprint density at radius 2 is 1.83 bits per heavy atom. The lowest BCUT2D eigenvalue weighted by Gasteiger charge is -2.17. The number of hydrogen-bond acceptors (Lipinski definition) is 2. The van der Waals surface area contributed by atoms with Crippen LogP contribution >= 0.6 is 0 Å². The van der Waals surface area contributed by atoms with Crippen LogP contribution in [0.15, 0.2) is 55.9 Å². The number of aromatic nitrogens is 1. The molecule has 1 aromatic carbocycles. The second-order valence-corrected chi connectivity index (χ2v) is 3.99. The Hall–Kier alpha value is -2.77. The number of alkyl halides is 3. The van der Waals surface area contributed by atoms with Crippen LogP contribution in [0, 0.1) is 5.82 Å². The Morgan fingerprint density at radius 1 is 1.17 bits per heavy atom. The van der Waals surface area contributed by atoms with Gasteiger partial charge in [0.25, 0.3) is 5.91 Å². The molecule has 3 nitrogen and oxygen atoms in total. The van der Waals surface area contributed by atoms with Crippen molar-refractivity contribution in [2.75, 3.05) is 5.12 Å². The quantitative estimate of drug-likeness (QED) is 0.459. The summed E-state index contributed by atoms with van der Waals surface area (Å²) in [7, 11) is 0. The predicted octanol–water partition coefficient (Wildman–Crippen LogP) is 4.57. The summed E-state index contributed by atoms with van der Waals surface area (Å²) < 4.78 is 65.2. The molecule has 0 fully saturated rings. The second kappa shape index (κ2) is 7.48. The molecule has 0 saturated carbocycles. The molecule has 0 aliphatic carbocycles. The summed E-state index contributed by atoms with van der Waals surface area (Å²) in [5, 5.41) is -0.681. The topological polar surface area (TPSA) is 33.2 Å². The number of rotatable bonds is 2. The summed E-state index contributed by atoms with van der Waals surface area (Å²) in [5.41, 5.74) is -2.91. The van der Waals surface area contributed by atoms with Crippen LogP contribution in [0.2, 0.25) is 0 Å². The third-order valence-corrected chi connectivity index (χ3v) is 2.56. The molecule has 0 unspecified atom stereocenters. The normalized spacial score (nSPS) is 10.5. The summed E-state index contributed by atoms with van der Waals surface area (Å²) in [5.74, 6) is -2.52. The highest BCUT2D eigenvalue weighted by Gasteiger charge is 2.37. The van der Waals surface area contributed by atoms with Gasteiger partial charge in [-0.1, -0.05) is 4.48 Å². The molecule has 0 radical (unpaired) electrons. The molecule has 0 atom stereocenters. The molecule has 0 saturated heterocycles. The smallest absolute Gasteiger partial charge is 0.266 e. The summed E-state index contributed by atoms with van der Waals surface area (Å²) in [6.45, 7) is 6.00. The molecule has 1 heterocycles. The van der Waals surface area contributed by atoms with Crippen molar-refractivity contribution in [1.29, 1.82) is 0 Å². The maximum Gasteiger partial charge on any atom is 0.418 e. The van der Waals surface area contributed by atoms with Crippen molar-refractivity contribution in [3.8, 4) is 0 Å². The van der Waals surface area contributed by atoms with E-state index in [1.807, 2.05) is 0 Å². The highest BCUT2D eigenvalue weighted by atomic mass is 19.4. The molecule has 8 heteroatoms. The van der Waals surface area contributed by atoms with Gasteiger partial charge in [-0.05, 0) is 30.3 Å². The first-order valence-electron chi connectivity index (χ1n) is 6.07. The van der Waals surface area contributed by atoms with E-state index >= 15 is 0 Å². The number of benzene rings is 1. The minimum absolute atomic E-state index is 0.123. The molecule has 23 heavy (non-hydrogen) atoms. The van der Waals surface area contributed by atoms with Gasteiger partial charge in [-0.25, -0.2) is 4.39 Å². The molecule has 0 N–H and O–H groups in total. The molecule has 1 amide bonds. The molecule has 0 aliphatic rings. The highest BCUT2D eigenvalue weighted by Crippen LogP contribution is 2.37. The fourth-order valence-electron chi connectivity index (χ4n) is 1.62. The monoisotopic (exact) mass is 330 g/mol. The van der Waals surface area contributed by atoms with Crippen LogP contribution in [0.5, 0.6) is 0 Å². The van der Waals surface area contributed by atoms with E-state index in [0.717, 1.165) is 6.20 Å². The van der Waals surface area contributed by atoms with E-state index in [9.17, 15) is 26.8 Å². The Kier molecular flexibility index (Phi) is 5.94. The van der Waals surface area contributed by atoms with Crippen molar-refractivity contribution in [1.82, 2.24) is 4.98 Å². The van der Waals surface area contributed by atoms with E-state index in [4.69, 9.17) is 0 Å². The average Bonchev–Trinajstić information content (AvgIpc) is 2.55. The molecule has 0 aliphatic heterocycles. The van der Waals surface area contributed by atoms with Crippen molar-refractivity contribution in [2.45, 2.75) is 6.18 Å². The van der Waals surface area contributed by atoms with E-state index in [2.05, 4.69) is 18.1 Å². The largest absolute Gasteiger partial charge is 0.418 e. The first-order chi connectivity index (χ1) is 10.8. The van der Waals surface area contributed by atoms with E-state index in [0.29, 0.717) is 12.1 Å². The zero-order valence-corrected chi connectivity index (χ0v) is 11.6. The SMILES string of the molecule is C=C.O=C(c1cccnc1)N(F)c1ccc(F)cc1C(F)(F)F. The van der Waals surface area contributed by atoms with Gasteiger partial charge in [-0.3, -0.25) is 9.78 Å². The fraction of sp³-hybridized carbons (Fsp3) is 0.0667. The van der Waals surface area contributed by atoms with Crippen molar-refractivity contribution in [3.05, 3.63) is 72.8 Å². The van der Waals surface area contributed by atoms with E-state index in [1.165, 1.54) is 18.3 Å². The molecule has 2 rings (SSSR count). The maximum atomic E-state index is 14.0. The van der Waals surface area contributed by atoms with Crippen LogP contribution in [-0.4, -0.2) is 10.9 Å². The number of hydrogen-bond donors (Lipinski definition) is 0. The molecule has 2 aromatic rings. The first kappa shape index (κ1) is 18.3. The van der Waals surface area contributed by atoms with Crippen LogP contribution in [0.4, 0.5) is 27.7 Å². The molecule has 122 valence electrons. The minimum atomic E-state index is -5.00. The zero-order chi connectivity index (χ0) is 17.6. The van der Waals surface area contributed by atoms with Crippen LogP contribution in [0.25, 0.3) is 0 Å². The average molecular weight is 330 g/mol. The number of amides is 1. The summed E-state index contributed by atoms with van der Waals surface area (Å²) in [6, 6.07) is 3.83. The Bertz CT molecular complexity index is 673. The number of carbonyl (C=O) groups is 1. The summed E-state index contributed by atoms with van der Waals surface area (Å²) >= 11 is 0. The summed E-state index contributed by atoms with van der Waals surface area (Å²) in [4.78, 5) is 15.3. The van der Waals surface area contributed by atoms with Gasteiger partial charge in [-0.15, -0.1) is 18.3 Å². The molecular formula is C15H11F5N2O. The van der Waals surface area contributed by atoms with Crippen LogP contribution < -0.4 is 5.12 Å². The lowest BCUT2D eigenvalue weighted by molar-refractivity contribution is -0.137. The number of pyridine rings is 1. The lowest BCUT2D eigenvalue weighted by Crippen LogP contribution is -2.25. The number of anilines is 1. The minimum Gasteiger partial charge on any atom is -0.266 e. The van der Waals surface area contributed by atoms with E-state index < -0.39 is 34.3 Å². The summed E-state index contributed by atoms with van der Waals surface area (Å²) in [6.07, 6.45) is -2.68. The van der Waals surface area contributed by atoms with Crippen LogP contribution in [0.1, 0.15) is 15.9 Å². The number of carbonyl (C=O) groups excluding carboxylic acids is 1. The van der Waals surface area contributed by atoms with Gasteiger partial charge in [-0.2, -0.15) is 13.2 Å². The molecule has 0 spiro atoms. The van der Waals surface area contributed by atoms with Crippen molar-refractivity contribution >= 4 is 11.6 Å². The Balaban J connectivity index is 0.00000127. The predicted molar refractivity (Wildman–Crippen MR) is 74.8 cm³/mol. The van der Waals surface area contributed by atoms with Crippen LogP contribution in [0.3, 0.4) is 0 Å². The maximum absolute atomic E-state index is 14.0. The van der Waals surface area contributed by atoms with Crippen LogP contribution in [-0.2, 0) is 6.18 Å². The van der Waals surface area contributed by atoms with Gasteiger partial charge in [0.2, 0.25) is 0 Å². The number of nitrogens with zero attached hydrogens (tertiary/aromatic N) is 2. The van der Waals surface area contributed by atoms with Gasteiger partial charge in [0.1, 0.15) is 5.82 Å². The Labute approximate surface area is 128 Å². The van der Waals surface area contributed by atoms with E-state index in [1.54, 1.807) is 0 Å². The zero-order valence-electron chi connectivity index (χ0n) is 11.6. The third kappa shape index (κ3) is 4.35. The number of halogens is 5. The van der Waals surface area contributed by atoms with Gasteiger partial charge in [0.05, 0.1) is 16.8 Å². The fourth-order valence-corrected chi connectivity index (χ4v) is 1.62.